The maximum Gasteiger partial charge on any atom is 0.361 e. The first kappa shape index (κ1) is 24.9. The molecule has 7 nitrogen and oxygen atoms in total. The number of rotatable bonds is 13. The molecule has 0 radical (unpaired) electrons. The summed E-state index contributed by atoms with van der Waals surface area (Å²) in [5, 5.41) is 20.0. The molecule has 0 aromatic heterocycles. The van der Waals surface area contributed by atoms with Gasteiger partial charge in [-0.05, 0) is 30.7 Å². The van der Waals surface area contributed by atoms with Gasteiger partial charge in [-0.25, -0.2) is 0 Å². The predicted molar refractivity (Wildman–Crippen MR) is 109 cm³/mol. The van der Waals surface area contributed by atoms with Gasteiger partial charge in [0.15, 0.2) is 0 Å². The zero-order chi connectivity index (χ0) is 22.1. The van der Waals surface area contributed by atoms with E-state index in [-0.39, 0.29) is 16.7 Å². The quantitative estimate of drug-likeness (QED) is 0.214. The lowest BCUT2D eigenvalue weighted by atomic mass is 9.71. The van der Waals surface area contributed by atoms with Crippen molar-refractivity contribution in [3.63, 3.8) is 0 Å². The summed E-state index contributed by atoms with van der Waals surface area (Å²) in [4.78, 5) is 22.8. The largest absolute Gasteiger partial charge is 0.507 e. The van der Waals surface area contributed by atoms with E-state index in [1.54, 1.807) is 12.1 Å². The third-order valence-corrected chi connectivity index (χ3v) is 5.63. The van der Waals surface area contributed by atoms with Gasteiger partial charge >= 0.3 is 17.9 Å². The van der Waals surface area contributed by atoms with Crippen molar-refractivity contribution < 1.29 is 34.0 Å². The van der Waals surface area contributed by atoms with Gasteiger partial charge in [-0.1, -0.05) is 52.2 Å². The highest BCUT2D eigenvalue weighted by Crippen LogP contribution is 2.45. The first-order valence-electron chi connectivity index (χ1n) is 10.1. The Morgan fingerprint density at radius 1 is 1.00 bits per heavy atom. The Kier molecular flexibility index (Phi) is 9.59. The number of carboxylic acid groups (broad SMARTS) is 1. The van der Waals surface area contributed by atoms with E-state index in [0.29, 0.717) is 0 Å². The summed E-state index contributed by atoms with van der Waals surface area (Å²) in [7, 11) is 2.52. The molecular weight excluding hydrogens is 376 g/mol. The monoisotopic (exact) mass is 410 g/mol. The zero-order valence-electron chi connectivity index (χ0n) is 18.1. The lowest BCUT2D eigenvalue weighted by Crippen LogP contribution is -2.37. The predicted octanol–water partition coefficient (Wildman–Crippen LogP) is 4.45. The number of methoxy groups -OCH3 is 2. The summed E-state index contributed by atoms with van der Waals surface area (Å²) < 4.78 is 15.9. The van der Waals surface area contributed by atoms with Crippen LogP contribution in [0.3, 0.4) is 0 Å². The number of para-hydroxylation sites is 1. The van der Waals surface area contributed by atoms with Crippen LogP contribution in [-0.2, 0) is 35.2 Å². The van der Waals surface area contributed by atoms with Gasteiger partial charge in [0.25, 0.3) is 0 Å². The van der Waals surface area contributed by atoms with Crippen molar-refractivity contribution in [2.75, 3.05) is 14.2 Å². The number of carboxylic acids is 1. The maximum atomic E-state index is 12.0. The molecule has 0 unspecified atom stereocenters. The average Bonchev–Trinajstić information content (AvgIpc) is 2.70. The number of benzene rings is 1. The van der Waals surface area contributed by atoms with Gasteiger partial charge in [-0.15, -0.1) is 0 Å². The molecule has 29 heavy (non-hydrogen) atoms. The molecule has 0 aliphatic rings. The average molecular weight is 411 g/mol. The van der Waals surface area contributed by atoms with E-state index in [9.17, 15) is 14.7 Å². The Morgan fingerprint density at radius 2 is 1.59 bits per heavy atom. The summed E-state index contributed by atoms with van der Waals surface area (Å²) in [5.41, 5.74) is 0.623. The second kappa shape index (κ2) is 11.2. The first-order chi connectivity index (χ1) is 13.8. The van der Waals surface area contributed by atoms with E-state index >= 15 is 0 Å². The number of unbranched alkanes of at least 4 members (excludes halogenated alkanes) is 2. The molecular formula is C22H34O7. The number of carbonyl (C=O) groups excluding carboxylic acids is 1. The molecule has 0 saturated heterocycles. The molecule has 0 aliphatic carbocycles. The van der Waals surface area contributed by atoms with Crippen LogP contribution in [0, 0.1) is 0 Å². The molecule has 0 spiro atoms. The highest BCUT2D eigenvalue weighted by atomic mass is 16.9. The van der Waals surface area contributed by atoms with Crippen LogP contribution in [0.2, 0.25) is 0 Å². The van der Waals surface area contributed by atoms with Gasteiger partial charge in [-0.2, -0.15) is 0 Å². The fraction of sp³-hybridized carbons (Fsp3) is 0.636. The van der Waals surface area contributed by atoms with Crippen LogP contribution >= 0.6 is 0 Å². The Hall–Kier alpha value is -2.12. The number of hydrogen-bond donors (Lipinski definition) is 2. The van der Waals surface area contributed by atoms with Gasteiger partial charge in [0.2, 0.25) is 0 Å². The van der Waals surface area contributed by atoms with Gasteiger partial charge in [-0.3, -0.25) is 9.59 Å². The minimum absolute atomic E-state index is 0.0699. The van der Waals surface area contributed by atoms with Crippen LogP contribution in [-0.4, -0.2) is 36.4 Å². The van der Waals surface area contributed by atoms with Crippen LogP contribution < -0.4 is 0 Å². The summed E-state index contributed by atoms with van der Waals surface area (Å²) in [6.07, 6.45) is 4.97. The highest BCUT2D eigenvalue weighted by Gasteiger charge is 2.42. The topological polar surface area (TPSA) is 102 Å². The van der Waals surface area contributed by atoms with E-state index in [2.05, 4.69) is 20.8 Å². The first-order valence-corrected chi connectivity index (χ1v) is 10.1. The van der Waals surface area contributed by atoms with Crippen molar-refractivity contribution in [3.05, 3.63) is 29.3 Å². The summed E-state index contributed by atoms with van der Waals surface area (Å²) in [6.45, 7) is 6.33. The molecule has 0 bridgehead atoms. The van der Waals surface area contributed by atoms with Crippen molar-refractivity contribution in [1.29, 1.82) is 0 Å². The number of ether oxygens (including phenoxy) is 3. The molecule has 164 valence electrons. The van der Waals surface area contributed by atoms with Gasteiger partial charge in [0.1, 0.15) is 12.2 Å². The van der Waals surface area contributed by atoms with Gasteiger partial charge < -0.3 is 24.4 Å². The van der Waals surface area contributed by atoms with Crippen LogP contribution in [0.4, 0.5) is 0 Å². The minimum atomic E-state index is -2.04. The SMILES string of the molecule is CCCCCC(CC)(CC)c1cccc(C(OC)(OC)OC(=O)CC(=O)O)c1O. The second-order valence-corrected chi connectivity index (χ2v) is 7.16. The number of carbonyl (C=O) groups is 2. The Labute approximate surface area is 173 Å². The lowest BCUT2D eigenvalue weighted by Gasteiger charge is -2.36. The van der Waals surface area contributed by atoms with Crippen LogP contribution in [0.5, 0.6) is 5.75 Å². The number of hydrogen-bond acceptors (Lipinski definition) is 6. The minimum Gasteiger partial charge on any atom is -0.507 e. The van der Waals surface area contributed by atoms with E-state index < -0.39 is 24.3 Å². The number of esters is 1. The molecule has 0 aliphatic heterocycles. The molecule has 1 aromatic carbocycles. The molecule has 0 fully saturated rings. The van der Waals surface area contributed by atoms with E-state index in [4.69, 9.17) is 19.3 Å². The van der Waals surface area contributed by atoms with Crippen LogP contribution in [0.25, 0.3) is 0 Å². The fourth-order valence-electron chi connectivity index (χ4n) is 3.80. The van der Waals surface area contributed by atoms with E-state index in [1.165, 1.54) is 14.2 Å². The molecule has 0 heterocycles. The molecule has 7 heteroatoms. The molecule has 0 saturated carbocycles. The standard InChI is InChI=1S/C22H34O7/c1-6-9-10-14-21(7-2,8-3)16-12-11-13-17(20(16)26)22(27-4,28-5)29-19(25)15-18(23)24/h11-13,26H,6-10,14-15H2,1-5H3,(H,23,24). The third-order valence-electron chi connectivity index (χ3n) is 5.63. The highest BCUT2D eigenvalue weighted by molar-refractivity contribution is 5.90. The fourth-order valence-corrected chi connectivity index (χ4v) is 3.80. The van der Waals surface area contributed by atoms with Gasteiger partial charge in [0, 0.05) is 19.8 Å². The molecule has 1 aromatic rings. The van der Waals surface area contributed by atoms with E-state index in [0.717, 1.165) is 44.1 Å². The lowest BCUT2D eigenvalue weighted by molar-refractivity contribution is -0.356. The van der Waals surface area contributed by atoms with Gasteiger partial charge in [0.05, 0.1) is 5.56 Å². The number of aromatic hydroxyl groups is 1. The number of phenolic OH excluding ortho intramolecular Hbond substituents is 1. The van der Waals surface area contributed by atoms with Crippen molar-refractivity contribution in [2.24, 2.45) is 0 Å². The van der Waals surface area contributed by atoms with Crippen molar-refractivity contribution in [1.82, 2.24) is 0 Å². The Morgan fingerprint density at radius 3 is 2.07 bits per heavy atom. The smallest absolute Gasteiger partial charge is 0.361 e. The van der Waals surface area contributed by atoms with Crippen molar-refractivity contribution >= 4 is 11.9 Å². The number of aliphatic carboxylic acids is 1. The zero-order valence-corrected chi connectivity index (χ0v) is 18.1. The maximum absolute atomic E-state index is 12.0. The second-order valence-electron chi connectivity index (χ2n) is 7.16. The molecule has 2 N–H and O–H groups in total. The molecule has 1 rings (SSSR count). The van der Waals surface area contributed by atoms with Crippen LogP contribution in [0.1, 0.15) is 76.8 Å². The summed E-state index contributed by atoms with van der Waals surface area (Å²) in [5.74, 6) is -4.48. The van der Waals surface area contributed by atoms with Crippen molar-refractivity contribution in [3.8, 4) is 5.75 Å². The molecule has 0 atom stereocenters. The summed E-state index contributed by atoms with van der Waals surface area (Å²) >= 11 is 0. The van der Waals surface area contributed by atoms with E-state index in [1.807, 2.05) is 6.07 Å². The Bertz CT molecular complexity index is 676. The van der Waals surface area contributed by atoms with Crippen LogP contribution in [0.15, 0.2) is 18.2 Å². The van der Waals surface area contributed by atoms with Crippen molar-refractivity contribution in [2.45, 2.75) is 77.1 Å². The Balaban J connectivity index is 3.44. The summed E-state index contributed by atoms with van der Waals surface area (Å²) in [6, 6.07) is 5.16. The third kappa shape index (κ3) is 5.70. The number of phenols is 1. The molecule has 0 amide bonds. The normalized spacial score (nSPS) is 12.0.